The fraction of sp³-hybridized carbons (Fsp3) is 1.00. The number of ether oxygens (including phenoxy) is 2. The second-order valence-corrected chi connectivity index (χ2v) is 4.30. The molecule has 7 atom stereocenters. The van der Waals surface area contributed by atoms with Gasteiger partial charge < -0.3 is 45.2 Å². The number of aliphatic hydroxyl groups is 7. The van der Waals surface area contributed by atoms with Crippen molar-refractivity contribution in [3.05, 3.63) is 0 Å². The fourth-order valence-corrected chi connectivity index (χ4v) is 1.73. The van der Waals surface area contributed by atoms with Crippen molar-refractivity contribution in [3.8, 4) is 0 Å². The summed E-state index contributed by atoms with van der Waals surface area (Å²) in [5.41, 5.74) is 0. The first kappa shape index (κ1) is 16.7. The number of hydrogen-bond donors (Lipinski definition) is 7. The zero-order valence-corrected chi connectivity index (χ0v) is 10.1. The minimum absolute atomic E-state index is 0.614. The molecule has 0 amide bonds. The first-order valence-corrected chi connectivity index (χ1v) is 5.82. The molecule has 19 heavy (non-hydrogen) atoms. The van der Waals surface area contributed by atoms with Gasteiger partial charge in [-0.2, -0.15) is 0 Å². The fourth-order valence-electron chi connectivity index (χ4n) is 1.73. The van der Waals surface area contributed by atoms with Crippen molar-refractivity contribution < 1.29 is 45.2 Å². The monoisotopic (exact) mass is 284 g/mol. The highest BCUT2D eigenvalue weighted by Gasteiger charge is 2.45. The van der Waals surface area contributed by atoms with E-state index in [4.69, 9.17) is 24.8 Å². The zero-order valence-electron chi connectivity index (χ0n) is 10.1. The third-order valence-electron chi connectivity index (χ3n) is 2.95. The first-order chi connectivity index (χ1) is 8.96. The summed E-state index contributed by atoms with van der Waals surface area (Å²) in [5.74, 6) is 0. The number of rotatable bonds is 6. The Kier molecular flexibility index (Phi) is 6.53. The van der Waals surface area contributed by atoms with Crippen molar-refractivity contribution in [1.82, 2.24) is 0 Å². The summed E-state index contributed by atoms with van der Waals surface area (Å²) in [6.07, 6.45) is -10.0. The Labute approximate surface area is 109 Å². The summed E-state index contributed by atoms with van der Waals surface area (Å²) in [7, 11) is 0. The Morgan fingerprint density at radius 2 is 1.58 bits per heavy atom. The molecule has 1 fully saturated rings. The van der Waals surface area contributed by atoms with Crippen LogP contribution in [0.3, 0.4) is 0 Å². The second kappa shape index (κ2) is 7.43. The van der Waals surface area contributed by atoms with E-state index in [9.17, 15) is 20.4 Å². The van der Waals surface area contributed by atoms with Gasteiger partial charge in [0.25, 0.3) is 0 Å². The summed E-state index contributed by atoms with van der Waals surface area (Å²) in [6, 6.07) is 0. The van der Waals surface area contributed by atoms with E-state index in [0.717, 1.165) is 0 Å². The van der Waals surface area contributed by atoms with Crippen molar-refractivity contribution in [2.75, 3.05) is 19.8 Å². The van der Waals surface area contributed by atoms with Crippen LogP contribution in [-0.2, 0) is 9.47 Å². The molecule has 1 heterocycles. The molecule has 0 unspecified atom stereocenters. The van der Waals surface area contributed by atoms with Gasteiger partial charge >= 0.3 is 0 Å². The van der Waals surface area contributed by atoms with Gasteiger partial charge in [0.1, 0.15) is 36.6 Å². The topological polar surface area (TPSA) is 160 Å². The Balaban J connectivity index is 2.70. The molecule has 0 bridgehead atoms. The van der Waals surface area contributed by atoms with E-state index in [1.807, 2.05) is 0 Å². The zero-order chi connectivity index (χ0) is 14.6. The van der Waals surface area contributed by atoms with E-state index < -0.39 is 62.7 Å². The SMILES string of the molecule is OC[C@H](O[C@H]1O[C@H](CO)[C@@H](O)[C@H](O)[C@H]1O)[C@@H](O)CO. The molecular formula is C10H20O9. The Morgan fingerprint density at radius 1 is 0.947 bits per heavy atom. The Hall–Kier alpha value is -0.360. The third-order valence-corrected chi connectivity index (χ3v) is 2.95. The molecule has 114 valence electrons. The lowest BCUT2D eigenvalue weighted by Crippen LogP contribution is -2.60. The molecule has 0 aromatic heterocycles. The van der Waals surface area contributed by atoms with Gasteiger partial charge in [0.15, 0.2) is 6.29 Å². The molecule has 1 aliphatic rings. The highest BCUT2D eigenvalue weighted by atomic mass is 16.7. The van der Waals surface area contributed by atoms with Crippen LogP contribution in [0.25, 0.3) is 0 Å². The molecule has 0 aromatic rings. The van der Waals surface area contributed by atoms with Gasteiger partial charge in [-0.3, -0.25) is 0 Å². The molecule has 0 saturated carbocycles. The predicted octanol–water partition coefficient (Wildman–Crippen LogP) is -4.48. The van der Waals surface area contributed by atoms with Crippen LogP contribution in [0.15, 0.2) is 0 Å². The molecule has 0 aliphatic carbocycles. The van der Waals surface area contributed by atoms with E-state index in [1.54, 1.807) is 0 Å². The third kappa shape index (κ3) is 3.81. The van der Waals surface area contributed by atoms with E-state index in [-0.39, 0.29) is 0 Å². The molecule has 0 radical (unpaired) electrons. The lowest BCUT2D eigenvalue weighted by atomic mass is 9.99. The van der Waals surface area contributed by atoms with Gasteiger partial charge in [-0.05, 0) is 0 Å². The highest BCUT2D eigenvalue weighted by Crippen LogP contribution is 2.23. The average Bonchev–Trinajstić information content (AvgIpc) is 2.43. The summed E-state index contributed by atoms with van der Waals surface area (Å²) >= 11 is 0. The van der Waals surface area contributed by atoms with Crippen LogP contribution < -0.4 is 0 Å². The van der Waals surface area contributed by atoms with Crippen molar-refractivity contribution in [1.29, 1.82) is 0 Å². The predicted molar refractivity (Wildman–Crippen MR) is 58.8 cm³/mol. The molecule has 9 heteroatoms. The largest absolute Gasteiger partial charge is 0.394 e. The van der Waals surface area contributed by atoms with Crippen LogP contribution in [0.4, 0.5) is 0 Å². The van der Waals surface area contributed by atoms with Crippen LogP contribution in [0.2, 0.25) is 0 Å². The highest BCUT2D eigenvalue weighted by molar-refractivity contribution is 4.89. The normalized spacial score (nSPS) is 39.0. The van der Waals surface area contributed by atoms with Crippen molar-refractivity contribution >= 4 is 0 Å². The van der Waals surface area contributed by atoms with Crippen molar-refractivity contribution in [2.24, 2.45) is 0 Å². The average molecular weight is 284 g/mol. The quantitative estimate of drug-likeness (QED) is 0.255. The van der Waals surface area contributed by atoms with Crippen LogP contribution in [-0.4, -0.2) is 98.5 Å². The first-order valence-electron chi connectivity index (χ1n) is 5.82. The Bertz CT molecular complexity index is 261. The van der Waals surface area contributed by atoms with Crippen LogP contribution >= 0.6 is 0 Å². The molecule has 1 saturated heterocycles. The minimum Gasteiger partial charge on any atom is -0.394 e. The summed E-state index contributed by atoms with van der Waals surface area (Å²) in [5, 5.41) is 64.7. The van der Waals surface area contributed by atoms with Gasteiger partial charge in [0.05, 0.1) is 19.8 Å². The van der Waals surface area contributed by atoms with Gasteiger partial charge in [-0.25, -0.2) is 0 Å². The molecule has 0 aromatic carbocycles. The standard InChI is InChI=1S/C10H20O9/c11-1-4(14)5(2-12)18-10-9(17)8(16)7(15)6(3-13)19-10/h4-17H,1-3H2/t4-,5-,6+,7+,8-,9+,10-/m0/s1. The van der Waals surface area contributed by atoms with Gasteiger partial charge in [-0.1, -0.05) is 0 Å². The van der Waals surface area contributed by atoms with Crippen LogP contribution in [0.5, 0.6) is 0 Å². The van der Waals surface area contributed by atoms with E-state index >= 15 is 0 Å². The van der Waals surface area contributed by atoms with Gasteiger partial charge in [0, 0.05) is 0 Å². The van der Waals surface area contributed by atoms with Crippen molar-refractivity contribution in [3.63, 3.8) is 0 Å². The molecule has 0 spiro atoms. The lowest BCUT2D eigenvalue weighted by molar-refractivity contribution is -0.319. The molecule has 9 nitrogen and oxygen atoms in total. The smallest absolute Gasteiger partial charge is 0.187 e. The van der Waals surface area contributed by atoms with Gasteiger partial charge in [-0.15, -0.1) is 0 Å². The molecule has 7 N–H and O–H groups in total. The van der Waals surface area contributed by atoms with E-state index in [0.29, 0.717) is 0 Å². The second-order valence-electron chi connectivity index (χ2n) is 4.30. The Morgan fingerprint density at radius 3 is 2.05 bits per heavy atom. The maximum atomic E-state index is 9.65. The van der Waals surface area contributed by atoms with Crippen LogP contribution in [0.1, 0.15) is 0 Å². The lowest BCUT2D eigenvalue weighted by Gasteiger charge is -2.41. The van der Waals surface area contributed by atoms with E-state index in [1.165, 1.54) is 0 Å². The molecular weight excluding hydrogens is 264 g/mol. The maximum Gasteiger partial charge on any atom is 0.187 e. The summed E-state index contributed by atoms with van der Waals surface area (Å²) in [4.78, 5) is 0. The summed E-state index contributed by atoms with van der Waals surface area (Å²) < 4.78 is 10.1. The maximum absolute atomic E-state index is 9.65. The number of hydrogen-bond acceptors (Lipinski definition) is 9. The molecule has 1 aliphatic heterocycles. The van der Waals surface area contributed by atoms with Gasteiger partial charge in [0.2, 0.25) is 0 Å². The molecule has 1 rings (SSSR count). The minimum atomic E-state index is -1.63. The van der Waals surface area contributed by atoms with Crippen LogP contribution in [0, 0.1) is 0 Å². The summed E-state index contributed by atoms with van der Waals surface area (Å²) in [6.45, 7) is -1.95. The van der Waals surface area contributed by atoms with Crippen molar-refractivity contribution in [2.45, 2.75) is 42.9 Å². The number of aliphatic hydroxyl groups excluding tert-OH is 7. The van der Waals surface area contributed by atoms with E-state index in [2.05, 4.69) is 0 Å².